The summed E-state index contributed by atoms with van der Waals surface area (Å²) in [6.45, 7) is 4.46. The molecule has 0 radical (unpaired) electrons. The van der Waals surface area contributed by atoms with Gasteiger partial charge < -0.3 is 0 Å². The van der Waals surface area contributed by atoms with Crippen LogP contribution in [0.2, 0.25) is 0 Å². The molecule has 1 nitrogen and oxygen atoms in total. The van der Waals surface area contributed by atoms with Crippen LogP contribution >= 0.6 is 0 Å². The number of benzene rings is 1. The van der Waals surface area contributed by atoms with E-state index < -0.39 is 0 Å². The second-order valence-electron chi connectivity index (χ2n) is 7.90. The molecule has 1 aromatic carbocycles. The average Bonchev–Trinajstić information content (AvgIpc) is 2.68. The number of halogens is 1. The van der Waals surface area contributed by atoms with Crippen LogP contribution in [0.1, 0.15) is 82.3 Å². The summed E-state index contributed by atoms with van der Waals surface area (Å²) in [7, 11) is 0. The smallest absolute Gasteiger partial charge is 0.132 e. The van der Waals surface area contributed by atoms with Gasteiger partial charge in [-0.15, -0.1) is 0 Å². The number of hydrogen-bond donors (Lipinski definition) is 0. The maximum atomic E-state index is 14.8. The summed E-state index contributed by atoms with van der Waals surface area (Å²) in [5.41, 5.74) is 3.76. The molecule has 0 spiro atoms. The number of aryl methyl sites for hydroxylation is 1. The lowest BCUT2D eigenvalue weighted by Crippen LogP contribution is -2.13. The normalized spacial score (nSPS) is 20.3. The number of hydrogen-bond acceptors (Lipinski definition) is 1. The fraction of sp³-hybridized carbons (Fsp3) is 0.542. The molecule has 140 valence electrons. The highest BCUT2D eigenvalue weighted by molar-refractivity contribution is 5.60. The number of pyridine rings is 1. The maximum Gasteiger partial charge on any atom is 0.132 e. The molecular weight excluding hydrogens is 321 g/mol. The first kappa shape index (κ1) is 19.1. The zero-order chi connectivity index (χ0) is 18.4. The molecular formula is C24H32FN. The molecule has 1 aliphatic carbocycles. The van der Waals surface area contributed by atoms with E-state index in [-0.39, 0.29) is 5.82 Å². The molecule has 0 amide bonds. The van der Waals surface area contributed by atoms with Gasteiger partial charge in [-0.1, -0.05) is 45.2 Å². The third-order valence-electron chi connectivity index (χ3n) is 5.93. The van der Waals surface area contributed by atoms with Crippen molar-refractivity contribution in [3.05, 3.63) is 53.5 Å². The van der Waals surface area contributed by atoms with Crippen LogP contribution < -0.4 is 0 Å². The second-order valence-corrected chi connectivity index (χ2v) is 7.90. The third-order valence-corrected chi connectivity index (χ3v) is 5.93. The fourth-order valence-electron chi connectivity index (χ4n) is 4.30. The predicted octanol–water partition coefficient (Wildman–Crippen LogP) is 7.30. The van der Waals surface area contributed by atoms with Crippen molar-refractivity contribution in [2.75, 3.05) is 0 Å². The lowest BCUT2D eigenvalue weighted by atomic mass is 9.77. The molecule has 1 aliphatic rings. The van der Waals surface area contributed by atoms with Gasteiger partial charge in [0.2, 0.25) is 0 Å². The highest BCUT2D eigenvalue weighted by Gasteiger charge is 2.22. The van der Waals surface area contributed by atoms with Crippen LogP contribution in [0.3, 0.4) is 0 Å². The van der Waals surface area contributed by atoms with Crippen molar-refractivity contribution in [1.82, 2.24) is 4.98 Å². The standard InChI is InChI=1S/C24H32FN/c1-3-5-7-19-10-15-24(26-17-19)22-14-13-21(16-23(22)25)20-11-8-18(6-4-2)9-12-20/h10,13-18,20H,3-9,11-12H2,1-2H3. The van der Waals surface area contributed by atoms with Crippen LogP contribution in [-0.2, 0) is 6.42 Å². The van der Waals surface area contributed by atoms with Gasteiger partial charge in [-0.3, -0.25) is 4.98 Å². The van der Waals surface area contributed by atoms with E-state index in [1.807, 2.05) is 18.3 Å². The number of rotatable bonds is 7. The van der Waals surface area contributed by atoms with E-state index in [9.17, 15) is 4.39 Å². The Hall–Kier alpha value is -1.70. The number of aromatic nitrogens is 1. The van der Waals surface area contributed by atoms with Crippen LogP contribution in [0.25, 0.3) is 11.3 Å². The van der Waals surface area contributed by atoms with E-state index in [1.165, 1.54) is 62.5 Å². The lowest BCUT2D eigenvalue weighted by molar-refractivity contribution is 0.308. The van der Waals surface area contributed by atoms with Crippen molar-refractivity contribution in [3.8, 4) is 11.3 Å². The Bertz CT molecular complexity index is 684. The van der Waals surface area contributed by atoms with Gasteiger partial charge in [0, 0.05) is 11.8 Å². The van der Waals surface area contributed by atoms with Crippen LogP contribution in [0, 0.1) is 11.7 Å². The highest BCUT2D eigenvalue weighted by Crippen LogP contribution is 2.38. The molecule has 0 unspecified atom stereocenters. The van der Waals surface area contributed by atoms with E-state index in [0.29, 0.717) is 11.5 Å². The van der Waals surface area contributed by atoms with Crippen molar-refractivity contribution in [3.63, 3.8) is 0 Å². The van der Waals surface area contributed by atoms with Crippen molar-refractivity contribution in [2.45, 2.75) is 77.6 Å². The zero-order valence-electron chi connectivity index (χ0n) is 16.3. The molecule has 3 rings (SSSR count). The second kappa shape index (κ2) is 9.30. The van der Waals surface area contributed by atoms with Crippen LogP contribution in [0.15, 0.2) is 36.5 Å². The first-order chi connectivity index (χ1) is 12.7. The van der Waals surface area contributed by atoms with Gasteiger partial charge in [0.05, 0.1) is 5.69 Å². The topological polar surface area (TPSA) is 12.9 Å². The minimum atomic E-state index is -0.132. The van der Waals surface area contributed by atoms with E-state index in [4.69, 9.17) is 0 Å². The Labute approximate surface area is 158 Å². The number of unbranched alkanes of at least 4 members (excludes halogenated alkanes) is 1. The monoisotopic (exact) mass is 353 g/mol. The molecule has 0 bridgehead atoms. The molecule has 0 saturated heterocycles. The van der Waals surface area contributed by atoms with Crippen molar-refractivity contribution < 1.29 is 4.39 Å². The number of nitrogens with zero attached hydrogens (tertiary/aromatic N) is 1. The minimum Gasteiger partial charge on any atom is -0.256 e. The molecule has 1 fully saturated rings. The van der Waals surface area contributed by atoms with E-state index in [2.05, 4.69) is 31.0 Å². The zero-order valence-corrected chi connectivity index (χ0v) is 16.3. The van der Waals surface area contributed by atoms with Gasteiger partial charge in [-0.05, 0) is 79.7 Å². The molecule has 0 aliphatic heterocycles. The van der Waals surface area contributed by atoms with Gasteiger partial charge in [0.15, 0.2) is 0 Å². The van der Waals surface area contributed by atoms with E-state index in [0.717, 1.165) is 18.0 Å². The summed E-state index contributed by atoms with van der Waals surface area (Å²) in [4.78, 5) is 4.50. The lowest BCUT2D eigenvalue weighted by Gasteiger charge is -2.28. The highest BCUT2D eigenvalue weighted by atomic mass is 19.1. The fourth-order valence-corrected chi connectivity index (χ4v) is 4.30. The average molecular weight is 354 g/mol. The Kier molecular flexibility index (Phi) is 6.82. The van der Waals surface area contributed by atoms with E-state index >= 15 is 0 Å². The van der Waals surface area contributed by atoms with Gasteiger partial charge in [0.1, 0.15) is 5.82 Å². The van der Waals surface area contributed by atoms with Gasteiger partial charge in [0.25, 0.3) is 0 Å². The first-order valence-electron chi connectivity index (χ1n) is 10.5. The maximum absolute atomic E-state index is 14.8. The Morgan fingerprint density at radius 2 is 1.81 bits per heavy atom. The SMILES string of the molecule is CCCCc1ccc(-c2ccc(C3CCC(CCC)CC3)cc2F)nc1. The predicted molar refractivity (Wildman–Crippen MR) is 108 cm³/mol. The van der Waals surface area contributed by atoms with Crippen molar-refractivity contribution in [2.24, 2.45) is 5.92 Å². The molecule has 1 aromatic heterocycles. The largest absolute Gasteiger partial charge is 0.256 e. The summed E-state index contributed by atoms with van der Waals surface area (Å²) >= 11 is 0. The van der Waals surface area contributed by atoms with Crippen LogP contribution in [0.5, 0.6) is 0 Å². The molecule has 1 heterocycles. The van der Waals surface area contributed by atoms with Gasteiger partial charge >= 0.3 is 0 Å². The van der Waals surface area contributed by atoms with E-state index in [1.54, 1.807) is 6.07 Å². The summed E-state index contributed by atoms with van der Waals surface area (Å²) in [6, 6.07) is 9.85. The summed E-state index contributed by atoms with van der Waals surface area (Å²) in [6.07, 6.45) is 12.9. The van der Waals surface area contributed by atoms with Crippen molar-refractivity contribution in [1.29, 1.82) is 0 Å². The molecule has 26 heavy (non-hydrogen) atoms. The molecule has 0 atom stereocenters. The molecule has 1 saturated carbocycles. The Balaban J connectivity index is 1.68. The quantitative estimate of drug-likeness (QED) is 0.508. The Morgan fingerprint density at radius 3 is 2.42 bits per heavy atom. The summed E-state index contributed by atoms with van der Waals surface area (Å²) < 4.78 is 14.8. The summed E-state index contributed by atoms with van der Waals surface area (Å²) in [5, 5.41) is 0. The molecule has 0 N–H and O–H groups in total. The summed E-state index contributed by atoms with van der Waals surface area (Å²) in [5.74, 6) is 1.28. The third kappa shape index (κ3) is 4.72. The first-order valence-corrected chi connectivity index (χ1v) is 10.5. The van der Waals surface area contributed by atoms with Gasteiger partial charge in [-0.25, -0.2) is 4.39 Å². The molecule has 2 aromatic rings. The molecule has 2 heteroatoms. The van der Waals surface area contributed by atoms with Crippen LogP contribution in [-0.4, -0.2) is 4.98 Å². The Morgan fingerprint density at radius 1 is 1.00 bits per heavy atom. The van der Waals surface area contributed by atoms with Gasteiger partial charge in [-0.2, -0.15) is 0 Å². The minimum absolute atomic E-state index is 0.132. The van der Waals surface area contributed by atoms with Crippen molar-refractivity contribution >= 4 is 0 Å². The van der Waals surface area contributed by atoms with Crippen LogP contribution in [0.4, 0.5) is 4.39 Å².